The average Bonchev–Trinajstić information content (AvgIpc) is 3.25. The molecule has 0 aliphatic carbocycles. The maximum absolute atomic E-state index is 12.1. The number of amides is 1. The Morgan fingerprint density at radius 2 is 2.22 bits per heavy atom. The molecule has 1 amide bonds. The Hall–Kier alpha value is -1.28. The number of rotatable bonds is 6. The van der Waals surface area contributed by atoms with Gasteiger partial charge in [-0.1, -0.05) is 6.07 Å². The number of hydrogen-bond acceptors (Lipinski definition) is 6. The van der Waals surface area contributed by atoms with Gasteiger partial charge in [0.15, 0.2) is 0 Å². The zero-order valence-electron chi connectivity index (χ0n) is 13.0. The molecule has 3 heterocycles. The Bertz CT molecular complexity index is 618. The fraction of sp³-hybridized carbons (Fsp3) is 0.500. The molecule has 1 saturated heterocycles. The molecule has 3 N–H and O–H groups in total. The number of nitrogens with one attached hydrogen (secondary N) is 1. The molecule has 3 rings (SSSR count). The summed E-state index contributed by atoms with van der Waals surface area (Å²) in [5, 5.41) is 7.73. The van der Waals surface area contributed by atoms with Crippen molar-refractivity contribution in [3.05, 3.63) is 38.5 Å². The standard InChI is InChI=1S/C16H22N4OS2/c17-8-15-19-14(11-23-15)16(21)18-9-12-3-5-20(6-4-12)10-13-2-1-7-22-13/h1-2,7,11-12H,3-6,8-10,17H2,(H,18,21). The summed E-state index contributed by atoms with van der Waals surface area (Å²) in [4.78, 5) is 20.2. The molecular formula is C16H22N4OS2. The maximum Gasteiger partial charge on any atom is 0.270 e. The van der Waals surface area contributed by atoms with Crippen LogP contribution in [0.1, 0.15) is 33.2 Å². The number of likely N-dealkylation sites (tertiary alicyclic amines) is 1. The van der Waals surface area contributed by atoms with E-state index in [2.05, 4.69) is 32.7 Å². The van der Waals surface area contributed by atoms with E-state index in [1.165, 1.54) is 16.2 Å². The summed E-state index contributed by atoms with van der Waals surface area (Å²) in [6.45, 7) is 4.39. The normalized spacial score (nSPS) is 16.6. The number of carbonyl (C=O) groups is 1. The van der Waals surface area contributed by atoms with Crippen LogP contribution in [0.4, 0.5) is 0 Å². The predicted molar refractivity (Wildman–Crippen MR) is 94.7 cm³/mol. The van der Waals surface area contributed by atoms with Crippen molar-refractivity contribution in [3.8, 4) is 0 Å². The van der Waals surface area contributed by atoms with Crippen molar-refractivity contribution in [1.29, 1.82) is 0 Å². The van der Waals surface area contributed by atoms with Gasteiger partial charge in [0.1, 0.15) is 10.7 Å². The van der Waals surface area contributed by atoms with Gasteiger partial charge in [-0.3, -0.25) is 9.69 Å². The minimum atomic E-state index is -0.0815. The highest BCUT2D eigenvalue weighted by Gasteiger charge is 2.20. The SMILES string of the molecule is NCc1nc(C(=O)NCC2CCN(Cc3cccs3)CC2)cs1. The number of nitrogens with two attached hydrogens (primary N) is 1. The van der Waals surface area contributed by atoms with Crippen LogP contribution in [-0.2, 0) is 13.1 Å². The minimum Gasteiger partial charge on any atom is -0.350 e. The first-order valence-electron chi connectivity index (χ1n) is 7.92. The van der Waals surface area contributed by atoms with Crippen LogP contribution in [0.3, 0.4) is 0 Å². The maximum atomic E-state index is 12.1. The van der Waals surface area contributed by atoms with E-state index in [0.29, 0.717) is 18.2 Å². The lowest BCUT2D eigenvalue weighted by Crippen LogP contribution is -2.38. The second kappa shape index (κ2) is 8.01. The summed E-state index contributed by atoms with van der Waals surface area (Å²) in [6, 6.07) is 4.30. The summed E-state index contributed by atoms with van der Waals surface area (Å²) >= 11 is 3.26. The van der Waals surface area contributed by atoms with Crippen molar-refractivity contribution in [1.82, 2.24) is 15.2 Å². The summed E-state index contributed by atoms with van der Waals surface area (Å²) in [7, 11) is 0. The molecular weight excluding hydrogens is 328 g/mol. The molecule has 7 heteroatoms. The van der Waals surface area contributed by atoms with Gasteiger partial charge in [0.2, 0.25) is 0 Å². The lowest BCUT2D eigenvalue weighted by atomic mass is 9.96. The molecule has 0 aromatic carbocycles. The number of aromatic nitrogens is 1. The van der Waals surface area contributed by atoms with E-state index in [1.807, 2.05) is 11.3 Å². The van der Waals surface area contributed by atoms with Crippen molar-refractivity contribution in [2.45, 2.75) is 25.9 Å². The van der Waals surface area contributed by atoms with Gasteiger partial charge in [0, 0.05) is 29.9 Å². The van der Waals surface area contributed by atoms with Crippen molar-refractivity contribution in [2.24, 2.45) is 11.7 Å². The molecule has 0 bridgehead atoms. The molecule has 5 nitrogen and oxygen atoms in total. The van der Waals surface area contributed by atoms with Gasteiger partial charge in [0.25, 0.3) is 5.91 Å². The second-order valence-electron chi connectivity index (χ2n) is 5.84. The molecule has 1 aliphatic rings. The minimum absolute atomic E-state index is 0.0815. The zero-order chi connectivity index (χ0) is 16.1. The van der Waals surface area contributed by atoms with Gasteiger partial charge >= 0.3 is 0 Å². The van der Waals surface area contributed by atoms with E-state index in [9.17, 15) is 4.79 Å². The van der Waals surface area contributed by atoms with Crippen LogP contribution in [0.5, 0.6) is 0 Å². The average molecular weight is 351 g/mol. The van der Waals surface area contributed by atoms with Gasteiger partial charge in [0.05, 0.1) is 0 Å². The van der Waals surface area contributed by atoms with E-state index >= 15 is 0 Å². The number of carbonyl (C=O) groups excluding carboxylic acids is 1. The summed E-state index contributed by atoms with van der Waals surface area (Å²) < 4.78 is 0. The molecule has 2 aromatic heterocycles. The van der Waals surface area contributed by atoms with Crippen LogP contribution >= 0.6 is 22.7 Å². The highest BCUT2D eigenvalue weighted by molar-refractivity contribution is 7.10. The third kappa shape index (κ3) is 4.60. The van der Waals surface area contributed by atoms with E-state index < -0.39 is 0 Å². The first kappa shape index (κ1) is 16.6. The molecule has 1 aliphatic heterocycles. The monoisotopic (exact) mass is 350 g/mol. The third-order valence-electron chi connectivity index (χ3n) is 4.18. The highest BCUT2D eigenvalue weighted by Crippen LogP contribution is 2.20. The first-order valence-corrected chi connectivity index (χ1v) is 9.68. The number of hydrogen-bond donors (Lipinski definition) is 2. The molecule has 2 aromatic rings. The van der Waals surface area contributed by atoms with Crippen LogP contribution in [0.15, 0.2) is 22.9 Å². The lowest BCUT2D eigenvalue weighted by Gasteiger charge is -2.31. The first-order chi connectivity index (χ1) is 11.2. The van der Waals surface area contributed by atoms with Crippen LogP contribution in [-0.4, -0.2) is 35.4 Å². The molecule has 1 fully saturated rings. The molecule has 0 radical (unpaired) electrons. The van der Waals surface area contributed by atoms with Crippen LogP contribution in [0.25, 0.3) is 0 Å². The van der Waals surface area contributed by atoms with Gasteiger partial charge < -0.3 is 11.1 Å². The third-order valence-corrected chi connectivity index (χ3v) is 5.91. The zero-order valence-corrected chi connectivity index (χ0v) is 14.7. The highest BCUT2D eigenvalue weighted by atomic mass is 32.1. The topological polar surface area (TPSA) is 71.2 Å². The van der Waals surface area contributed by atoms with E-state index in [4.69, 9.17) is 5.73 Å². The van der Waals surface area contributed by atoms with E-state index in [0.717, 1.165) is 44.0 Å². The molecule has 124 valence electrons. The number of nitrogens with zero attached hydrogens (tertiary/aromatic N) is 2. The van der Waals surface area contributed by atoms with Crippen LogP contribution in [0, 0.1) is 5.92 Å². The van der Waals surface area contributed by atoms with Crippen LogP contribution < -0.4 is 11.1 Å². The predicted octanol–water partition coefficient (Wildman–Crippen LogP) is 2.31. The Balaban J connectivity index is 1.39. The Morgan fingerprint density at radius 3 is 2.87 bits per heavy atom. The van der Waals surface area contributed by atoms with Crippen molar-refractivity contribution in [2.75, 3.05) is 19.6 Å². The molecule has 0 spiro atoms. The number of thiazole rings is 1. The molecule has 0 unspecified atom stereocenters. The largest absolute Gasteiger partial charge is 0.350 e. The summed E-state index contributed by atoms with van der Waals surface area (Å²) in [5.41, 5.74) is 6.02. The van der Waals surface area contributed by atoms with E-state index in [-0.39, 0.29) is 5.91 Å². The fourth-order valence-electron chi connectivity index (χ4n) is 2.81. The second-order valence-corrected chi connectivity index (χ2v) is 7.81. The summed E-state index contributed by atoms with van der Waals surface area (Å²) in [6.07, 6.45) is 2.27. The molecule has 23 heavy (non-hydrogen) atoms. The Labute approximate surface area is 144 Å². The molecule has 0 saturated carbocycles. The van der Waals surface area contributed by atoms with Crippen molar-refractivity contribution >= 4 is 28.6 Å². The van der Waals surface area contributed by atoms with Crippen LogP contribution in [0.2, 0.25) is 0 Å². The lowest BCUT2D eigenvalue weighted by molar-refractivity contribution is 0.0931. The smallest absolute Gasteiger partial charge is 0.270 e. The van der Waals surface area contributed by atoms with E-state index in [1.54, 1.807) is 5.38 Å². The quantitative estimate of drug-likeness (QED) is 0.839. The number of thiophene rings is 1. The van der Waals surface area contributed by atoms with Crippen molar-refractivity contribution < 1.29 is 4.79 Å². The van der Waals surface area contributed by atoms with Crippen molar-refractivity contribution in [3.63, 3.8) is 0 Å². The Morgan fingerprint density at radius 1 is 1.39 bits per heavy atom. The van der Waals surface area contributed by atoms with Gasteiger partial charge in [-0.2, -0.15) is 0 Å². The van der Waals surface area contributed by atoms with Gasteiger partial charge in [-0.15, -0.1) is 22.7 Å². The van der Waals surface area contributed by atoms with Gasteiger partial charge in [-0.25, -0.2) is 4.98 Å². The Kier molecular flexibility index (Phi) is 5.77. The summed E-state index contributed by atoms with van der Waals surface area (Å²) in [5.74, 6) is 0.480. The fourth-order valence-corrected chi connectivity index (χ4v) is 4.21. The number of piperidine rings is 1. The molecule has 0 atom stereocenters. The van der Waals surface area contributed by atoms with Gasteiger partial charge in [-0.05, 0) is 43.3 Å².